The lowest BCUT2D eigenvalue weighted by Gasteiger charge is -2.30. The van der Waals surface area contributed by atoms with Gasteiger partial charge in [-0.25, -0.2) is 14.0 Å². The van der Waals surface area contributed by atoms with Gasteiger partial charge < -0.3 is 10.0 Å². The summed E-state index contributed by atoms with van der Waals surface area (Å²) in [5.74, 6) is 0.208. The first-order chi connectivity index (χ1) is 8.11. The second kappa shape index (κ2) is 4.62. The van der Waals surface area contributed by atoms with E-state index in [1.807, 2.05) is 0 Å². The van der Waals surface area contributed by atoms with Crippen molar-refractivity contribution in [2.45, 2.75) is 12.6 Å². The molecular weight excluding hydrogens is 225 g/mol. The predicted octanol–water partition coefficient (Wildman–Crippen LogP) is 2.05. The van der Waals surface area contributed by atoms with Crippen LogP contribution < -0.4 is 4.90 Å². The first-order valence-electron chi connectivity index (χ1n) is 5.44. The zero-order chi connectivity index (χ0) is 12.4. The third-order valence-corrected chi connectivity index (χ3v) is 3.00. The van der Waals surface area contributed by atoms with Crippen molar-refractivity contribution in [2.24, 2.45) is 0 Å². The van der Waals surface area contributed by atoms with E-state index in [4.69, 9.17) is 10.4 Å². The molecule has 0 atom stereocenters. The molecule has 2 rings (SSSR count). The summed E-state index contributed by atoms with van der Waals surface area (Å²) in [6, 6.07) is 1.80. The van der Waals surface area contributed by atoms with Crippen molar-refractivity contribution in [1.82, 2.24) is 0 Å². The highest BCUT2D eigenvalue weighted by Crippen LogP contribution is 2.29. The molecule has 1 fully saturated rings. The Kier molecular flexibility index (Phi) is 3.18. The lowest BCUT2D eigenvalue weighted by molar-refractivity contribution is 0.460. The molecule has 3 nitrogen and oxygen atoms in total. The molecule has 88 valence electrons. The minimum atomic E-state index is -0.766. The molecule has 1 saturated heterocycles. The fourth-order valence-corrected chi connectivity index (χ4v) is 2.09. The predicted molar refractivity (Wildman–Crippen MR) is 61.2 cm³/mol. The number of nitrogens with zero attached hydrogens (tertiary/aromatic N) is 2. The van der Waals surface area contributed by atoms with Crippen molar-refractivity contribution >= 4 is 12.4 Å². The first kappa shape index (κ1) is 11.7. The molecule has 1 aromatic carbocycles. The summed E-state index contributed by atoms with van der Waals surface area (Å²) >= 11 is 0. The molecule has 0 amide bonds. The largest absolute Gasteiger partial charge is 0.508 e. The standard InChI is InChI=1S/C11H11BF2N2O/c13-9-5-8(17)6-10(14)11(9)16-3-1-12(7-15)2-4-16/h5-6,17H,1-4H2. The third-order valence-electron chi connectivity index (χ3n) is 3.00. The van der Waals surface area contributed by atoms with Gasteiger partial charge in [0.2, 0.25) is 0 Å². The number of halogens is 2. The summed E-state index contributed by atoms with van der Waals surface area (Å²) < 4.78 is 27.1. The summed E-state index contributed by atoms with van der Waals surface area (Å²) in [6.45, 7) is 0.878. The Hall–Kier alpha value is -1.77. The average molecular weight is 236 g/mol. The van der Waals surface area contributed by atoms with Gasteiger partial charge in [-0.05, 0) is 12.6 Å². The van der Waals surface area contributed by atoms with Gasteiger partial charge in [0.05, 0.1) is 0 Å². The maximum absolute atomic E-state index is 13.6. The quantitative estimate of drug-likeness (QED) is 0.759. The minimum Gasteiger partial charge on any atom is -0.508 e. The molecule has 0 saturated carbocycles. The van der Waals surface area contributed by atoms with Gasteiger partial charge in [-0.3, -0.25) is 0 Å². The van der Waals surface area contributed by atoms with Gasteiger partial charge in [0.15, 0.2) is 11.6 Å². The van der Waals surface area contributed by atoms with Gasteiger partial charge in [0.25, 0.3) is 6.71 Å². The van der Waals surface area contributed by atoms with Gasteiger partial charge in [-0.15, -0.1) is 0 Å². The molecule has 1 heterocycles. The average Bonchev–Trinajstić information content (AvgIpc) is 2.28. The highest BCUT2D eigenvalue weighted by Gasteiger charge is 2.26. The van der Waals surface area contributed by atoms with Crippen LogP contribution in [0, 0.1) is 22.9 Å². The monoisotopic (exact) mass is 236 g/mol. The topological polar surface area (TPSA) is 47.3 Å². The second-order valence-electron chi connectivity index (χ2n) is 4.15. The molecule has 1 aliphatic rings. The van der Waals surface area contributed by atoms with Crippen LogP contribution in [0.2, 0.25) is 12.6 Å². The molecule has 0 bridgehead atoms. The van der Waals surface area contributed by atoms with Crippen molar-refractivity contribution in [1.29, 1.82) is 5.26 Å². The van der Waals surface area contributed by atoms with Crippen LogP contribution in [0.5, 0.6) is 5.75 Å². The van der Waals surface area contributed by atoms with Gasteiger partial charge in [0, 0.05) is 31.2 Å². The molecule has 0 unspecified atom stereocenters. The number of benzene rings is 1. The molecule has 6 heteroatoms. The van der Waals surface area contributed by atoms with Crippen LogP contribution in [0.15, 0.2) is 12.1 Å². The lowest BCUT2D eigenvalue weighted by Crippen LogP contribution is -2.37. The van der Waals surface area contributed by atoms with Crippen LogP contribution >= 0.6 is 0 Å². The summed E-state index contributed by atoms with van der Waals surface area (Å²) in [5, 5.41) is 17.8. The van der Waals surface area contributed by atoms with Crippen LogP contribution in [0.4, 0.5) is 14.5 Å². The molecule has 1 N–H and O–H groups in total. The fourth-order valence-electron chi connectivity index (χ4n) is 2.09. The Morgan fingerprint density at radius 1 is 1.24 bits per heavy atom. The van der Waals surface area contributed by atoms with E-state index in [9.17, 15) is 8.78 Å². The maximum Gasteiger partial charge on any atom is 0.271 e. The van der Waals surface area contributed by atoms with E-state index in [0.29, 0.717) is 25.7 Å². The number of rotatable bonds is 1. The smallest absolute Gasteiger partial charge is 0.271 e. The molecule has 1 aromatic rings. The van der Waals surface area contributed by atoms with Crippen LogP contribution in [0.25, 0.3) is 0 Å². The number of nitriles is 1. The Bertz CT molecular complexity index is 444. The summed E-state index contributed by atoms with van der Waals surface area (Å²) in [7, 11) is 0. The molecule has 0 radical (unpaired) electrons. The van der Waals surface area contributed by atoms with Gasteiger partial charge in [-0.1, -0.05) is 0 Å². The van der Waals surface area contributed by atoms with Gasteiger partial charge in [0.1, 0.15) is 11.4 Å². The lowest BCUT2D eigenvalue weighted by atomic mass is 9.45. The van der Waals surface area contributed by atoms with Crippen LogP contribution in [-0.4, -0.2) is 24.9 Å². The fraction of sp³-hybridized carbons (Fsp3) is 0.364. The maximum atomic E-state index is 13.6. The Morgan fingerprint density at radius 2 is 1.76 bits per heavy atom. The highest BCUT2D eigenvalue weighted by atomic mass is 19.1. The minimum absolute atomic E-state index is 0.0329. The van der Waals surface area contributed by atoms with Crippen LogP contribution in [0.3, 0.4) is 0 Å². The van der Waals surface area contributed by atoms with E-state index in [1.165, 1.54) is 0 Å². The zero-order valence-electron chi connectivity index (χ0n) is 9.16. The summed E-state index contributed by atoms with van der Waals surface area (Å²) in [6.07, 6.45) is 1.21. The first-order valence-corrected chi connectivity index (χ1v) is 5.44. The van der Waals surface area contributed by atoms with E-state index < -0.39 is 17.4 Å². The van der Waals surface area contributed by atoms with Crippen LogP contribution in [-0.2, 0) is 0 Å². The Morgan fingerprint density at radius 3 is 2.24 bits per heavy atom. The second-order valence-corrected chi connectivity index (χ2v) is 4.15. The molecular formula is C11H11BF2N2O. The number of phenols is 1. The summed E-state index contributed by atoms with van der Waals surface area (Å²) in [5.41, 5.74) is -0.112. The Balaban J connectivity index is 2.22. The summed E-state index contributed by atoms with van der Waals surface area (Å²) in [4.78, 5) is 1.58. The Labute approximate surface area is 98.4 Å². The van der Waals surface area contributed by atoms with Crippen molar-refractivity contribution < 1.29 is 13.9 Å². The van der Waals surface area contributed by atoms with E-state index in [1.54, 1.807) is 4.90 Å². The number of phenolic OH excluding ortho intramolecular Hbond substituents is 1. The van der Waals surface area contributed by atoms with Crippen molar-refractivity contribution in [3.8, 4) is 11.7 Å². The van der Waals surface area contributed by atoms with Gasteiger partial charge in [-0.2, -0.15) is 0 Å². The number of hydrogen-bond donors (Lipinski definition) is 1. The van der Waals surface area contributed by atoms with E-state index in [0.717, 1.165) is 12.1 Å². The number of aromatic hydroxyl groups is 1. The van der Waals surface area contributed by atoms with Crippen molar-refractivity contribution in [2.75, 3.05) is 18.0 Å². The van der Waals surface area contributed by atoms with E-state index in [-0.39, 0.29) is 12.4 Å². The highest BCUT2D eigenvalue weighted by molar-refractivity contribution is 6.67. The van der Waals surface area contributed by atoms with E-state index in [2.05, 4.69) is 5.97 Å². The van der Waals surface area contributed by atoms with Crippen LogP contribution in [0.1, 0.15) is 0 Å². The zero-order valence-corrected chi connectivity index (χ0v) is 9.16. The molecule has 17 heavy (non-hydrogen) atoms. The van der Waals surface area contributed by atoms with E-state index >= 15 is 0 Å². The normalized spacial score (nSPS) is 15.8. The van der Waals surface area contributed by atoms with Crippen molar-refractivity contribution in [3.63, 3.8) is 0 Å². The third kappa shape index (κ3) is 2.33. The molecule has 0 aliphatic carbocycles. The number of anilines is 1. The van der Waals surface area contributed by atoms with Gasteiger partial charge >= 0.3 is 0 Å². The number of hydrogen-bond acceptors (Lipinski definition) is 3. The molecule has 1 aliphatic heterocycles. The van der Waals surface area contributed by atoms with Crippen molar-refractivity contribution in [3.05, 3.63) is 23.8 Å². The molecule has 0 aromatic heterocycles. The molecule has 0 spiro atoms. The SMILES string of the molecule is N#CB1CCN(c2c(F)cc(O)cc2F)CC1.